The monoisotopic (exact) mass is 370 g/mol. The first-order valence-corrected chi connectivity index (χ1v) is 8.90. The molecule has 0 saturated heterocycles. The third-order valence-electron chi connectivity index (χ3n) is 4.46. The number of furan rings is 1. The van der Waals surface area contributed by atoms with Gasteiger partial charge in [0.15, 0.2) is 0 Å². The molecule has 0 bridgehead atoms. The zero-order valence-electron chi connectivity index (χ0n) is 15.0. The van der Waals surface area contributed by atoms with E-state index in [0.29, 0.717) is 11.5 Å². The Hall–Kier alpha value is -3.86. The first-order valence-electron chi connectivity index (χ1n) is 8.90. The zero-order chi connectivity index (χ0) is 19.3. The van der Waals surface area contributed by atoms with Gasteiger partial charge in [0.05, 0.1) is 12.8 Å². The molecule has 1 amide bonds. The summed E-state index contributed by atoms with van der Waals surface area (Å²) in [6.45, 7) is 0.230. The molecule has 0 aliphatic rings. The van der Waals surface area contributed by atoms with Crippen LogP contribution in [0, 0.1) is 0 Å². The topological polar surface area (TPSA) is 75.1 Å². The first kappa shape index (κ1) is 17.5. The van der Waals surface area contributed by atoms with E-state index in [0.717, 1.165) is 16.7 Å². The smallest absolute Gasteiger partial charge is 0.261 e. The van der Waals surface area contributed by atoms with Gasteiger partial charge in [0.2, 0.25) is 0 Å². The molecule has 28 heavy (non-hydrogen) atoms. The van der Waals surface area contributed by atoms with E-state index >= 15 is 0 Å². The Bertz CT molecular complexity index is 1130. The maximum Gasteiger partial charge on any atom is 0.261 e. The standard InChI is InChI=1S/C23H18N2O3/c26-22(24-15-19-7-4-14-28-19)20-12-13-21(25-23(20)27)18-10-8-17(9-11-18)16-5-2-1-3-6-16/h1-14H,15H2,(H,24,26)(H,25,27). The van der Waals surface area contributed by atoms with E-state index < -0.39 is 11.5 Å². The van der Waals surface area contributed by atoms with Crippen LogP contribution in [0.15, 0.2) is 94.3 Å². The van der Waals surface area contributed by atoms with Gasteiger partial charge in [-0.3, -0.25) is 9.59 Å². The number of hydrogen-bond donors (Lipinski definition) is 2. The third-order valence-corrected chi connectivity index (χ3v) is 4.46. The van der Waals surface area contributed by atoms with Crippen LogP contribution in [0.25, 0.3) is 22.4 Å². The molecular formula is C23H18N2O3. The summed E-state index contributed by atoms with van der Waals surface area (Å²) in [5.74, 6) is 0.184. The minimum atomic E-state index is -0.441. The highest BCUT2D eigenvalue weighted by atomic mass is 16.3. The largest absolute Gasteiger partial charge is 0.467 e. The van der Waals surface area contributed by atoms with E-state index in [4.69, 9.17) is 4.42 Å². The maximum absolute atomic E-state index is 12.4. The van der Waals surface area contributed by atoms with Crippen LogP contribution >= 0.6 is 0 Å². The van der Waals surface area contributed by atoms with Crippen molar-refractivity contribution in [2.75, 3.05) is 0 Å². The lowest BCUT2D eigenvalue weighted by Crippen LogP contribution is -2.29. The molecule has 2 N–H and O–H groups in total. The van der Waals surface area contributed by atoms with E-state index in [1.165, 1.54) is 12.3 Å². The fourth-order valence-corrected chi connectivity index (χ4v) is 2.97. The van der Waals surface area contributed by atoms with Crippen molar-refractivity contribution < 1.29 is 9.21 Å². The minimum absolute atomic E-state index is 0.0659. The molecule has 0 aliphatic carbocycles. The average molecular weight is 370 g/mol. The zero-order valence-corrected chi connectivity index (χ0v) is 15.0. The second kappa shape index (κ2) is 7.80. The summed E-state index contributed by atoms with van der Waals surface area (Å²) in [6.07, 6.45) is 1.53. The van der Waals surface area contributed by atoms with Crippen molar-refractivity contribution in [3.05, 3.63) is 107 Å². The number of benzene rings is 2. The van der Waals surface area contributed by atoms with Crippen molar-refractivity contribution in [2.24, 2.45) is 0 Å². The molecule has 5 nitrogen and oxygen atoms in total. The number of pyridine rings is 1. The summed E-state index contributed by atoms with van der Waals surface area (Å²) in [5, 5.41) is 2.67. The van der Waals surface area contributed by atoms with E-state index in [1.807, 2.05) is 54.6 Å². The highest BCUT2D eigenvalue weighted by molar-refractivity contribution is 5.94. The van der Waals surface area contributed by atoms with Crippen LogP contribution < -0.4 is 10.9 Å². The fourth-order valence-electron chi connectivity index (χ4n) is 2.97. The normalized spacial score (nSPS) is 10.6. The van der Waals surface area contributed by atoms with Crippen LogP contribution in [0.5, 0.6) is 0 Å². The minimum Gasteiger partial charge on any atom is -0.467 e. The molecule has 0 radical (unpaired) electrons. The van der Waals surface area contributed by atoms with Crippen LogP contribution in [0.1, 0.15) is 16.1 Å². The van der Waals surface area contributed by atoms with Gasteiger partial charge in [-0.1, -0.05) is 54.6 Å². The Kier molecular flexibility index (Phi) is 4.89. The maximum atomic E-state index is 12.4. The number of aromatic amines is 1. The number of carbonyl (C=O) groups is 1. The van der Waals surface area contributed by atoms with Crippen LogP contribution in [-0.2, 0) is 6.54 Å². The van der Waals surface area contributed by atoms with Gasteiger partial charge in [0.1, 0.15) is 11.3 Å². The van der Waals surface area contributed by atoms with Gasteiger partial charge < -0.3 is 14.7 Å². The van der Waals surface area contributed by atoms with Crippen molar-refractivity contribution >= 4 is 5.91 Å². The summed E-state index contributed by atoms with van der Waals surface area (Å²) in [6, 6.07) is 24.8. The second-order valence-corrected chi connectivity index (χ2v) is 6.32. The van der Waals surface area contributed by atoms with E-state index in [-0.39, 0.29) is 12.1 Å². The van der Waals surface area contributed by atoms with Gasteiger partial charge in [-0.05, 0) is 41.0 Å². The van der Waals surface area contributed by atoms with Crippen LogP contribution in [0.4, 0.5) is 0 Å². The molecule has 0 spiro atoms. The number of H-pyrrole nitrogens is 1. The predicted molar refractivity (Wildman–Crippen MR) is 108 cm³/mol. The Morgan fingerprint density at radius 1 is 0.821 bits per heavy atom. The molecule has 5 heteroatoms. The fraction of sp³-hybridized carbons (Fsp3) is 0.0435. The molecule has 0 unspecified atom stereocenters. The van der Waals surface area contributed by atoms with Gasteiger partial charge in [-0.25, -0.2) is 0 Å². The number of nitrogens with one attached hydrogen (secondary N) is 2. The SMILES string of the molecule is O=C(NCc1ccco1)c1ccc(-c2ccc(-c3ccccc3)cc2)[nH]c1=O. The van der Waals surface area contributed by atoms with Crippen molar-refractivity contribution in [1.82, 2.24) is 10.3 Å². The van der Waals surface area contributed by atoms with E-state index in [2.05, 4.69) is 10.3 Å². The summed E-state index contributed by atoms with van der Waals surface area (Å²) in [4.78, 5) is 27.4. The molecule has 0 atom stereocenters. The van der Waals surface area contributed by atoms with Crippen LogP contribution in [-0.4, -0.2) is 10.9 Å². The van der Waals surface area contributed by atoms with Gasteiger partial charge in [0, 0.05) is 5.69 Å². The highest BCUT2D eigenvalue weighted by Crippen LogP contribution is 2.23. The Morgan fingerprint density at radius 3 is 2.21 bits per heavy atom. The number of rotatable bonds is 5. The van der Waals surface area contributed by atoms with Crippen LogP contribution in [0.2, 0.25) is 0 Å². The molecule has 2 aromatic carbocycles. The van der Waals surface area contributed by atoms with Gasteiger partial charge in [0.25, 0.3) is 11.5 Å². The Balaban J connectivity index is 1.51. The molecule has 0 fully saturated rings. The second-order valence-electron chi connectivity index (χ2n) is 6.32. The number of hydrogen-bond acceptors (Lipinski definition) is 3. The van der Waals surface area contributed by atoms with Crippen molar-refractivity contribution in [2.45, 2.75) is 6.54 Å². The average Bonchev–Trinajstić information content (AvgIpc) is 3.26. The summed E-state index contributed by atoms with van der Waals surface area (Å²) < 4.78 is 5.17. The number of aromatic nitrogens is 1. The summed E-state index contributed by atoms with van der Waals surface area (Å²) in [5.41, 5.74) is 3.40. The highest BCUT2D eigenvalue weighted by Gasteiger charge is 2.12. The molecule has 0 aliphatic heterocycles. The summed E-state index contributed by atoms with van der Waals surface area (Å²) >= 11 is 0. The van der Waals surface area contributed by atoms with Gasteiger partial charge >= 0.3 is 0 Å². The number of amides is 1. The lowest BCUT2D eigenvalue weighted by molar-refractivity contribution is 0.0946. The van der Waals surface area contributed by atoms with E-state index in [1.54, 1.807) is 18.2 Å². The first-order chi connectivity index (χ1) is 13.7. The van der Waals surface area contributed by atoms with Crippen molar-refractivity contribution in [3.8, 4) is 22.4 Å². The molecule has 4 aromatic rings. The number of carbonyl (C=O) groups excluding carboxylic acids is 1. The Labute approximate surface area is 161 Å². The lowest BCUT2D eigenvalue weighted by Gasteiger charge is -2.07. The van der Waals surface area contributed by atoms with Gasteiger partial charge in [-0.15, -0.1) is 0 Å². The van der Waals surface area contributed by atoms with E-state index in [9.17, 15) is 9.59 Å². The molecular weight excluding hydrogens is 352 g/mol. The molecule has 4 rings (SSSR count). The Morgan fingerprint density at radius 2 is 1.54 bits per heavy atom. The summed E-state index contributed by atoms with van der Waals surface area (Å²) in [7, 11) is 0. The van der Waals surface area contributed by atoms with Crippen molar-refractivity contribution in [3.63, 3.8) is 0 Å². The van der Waals surface area contributed by atoms with Crippen LogP contribution in [0.3, 0.4) is 0 Å². The third kappa shape index (κ3) is 3.78. The molecule has 138 valence electrons. The molecule has 0 saturated carbocycles. The van der Waals surface area contributed by atoms with Crippen molar-refractivity contribution in [1.29, 1.82) is 0 Å². The van der Waals surface area contributed by atoms with Gasteiger partial charge in [-0.2, -0.15) is 0 Å². The predicted octanol–water partition coefficient (Wildman–Crippen LogP) is 4.23. The molecule has 2 heterocycles. The quantitative estimate of drug-likeness (QED) is 0.552. The molecule has 2 aromatic heterocycles. The lowest BCUT2D eigenvalue weighted by atomic mass is 10.0.